The van der Waals surface area contributed by atoms with Crippen molar-refractivity contribution in [3.8, 4) is 10.6 Å². The van der Waals surface area contributed by atoms with Crippen LogP contribution in [0.4, 0.5) is 0 Å². The summed E-state index contributed by atoms with van der Waals surface area (Å²) in [6.07, 6.45) is 4.44. The number of rotatable bonds is 3. The van der Waals surface area contributed by atoms with E-state index in [2.05, 4.69) is 28.5 Å². The van der Waals surface area contributed by atoms with E-state index in [0.29, 0.717) is 11.5 Å². The Kier molecular flexibility index (Phi) is 3.71. The van der Waals surface area contributed by atoms with Gasteiger partial charge in [0, 0.05) is 0 Å². The lowest BCUT2D eigenvalue weighted by molar-refractivity contribution is 0.0928. The smallest absolute Gasteiger partial charge is 0.274 e. The first-order valence-electron chi connectivity index (χ1n) is 7.69. The van der Waals surface area contributed by atoms with Crippen molar-refractivity contribution in [2.75, 3.05) is 0 Å². The van der Waals surface area contributed by atoms with Crippen LogP contribution in [0.15, 0.2) is 52.6 Å². The lowest BCUT2D eigenvalue weighted by Gasteiger charge is -2.26. The SMILES string of the molecule is O=C(NC1CCCc2ccccc21)c1ncoc1-c1cccs1. The Morgan fingerprint density at radius 1 is 1.26 bits per heavy atom. The zero-order valence-corrected chi connectivity index (χ0v) is 13.3. The molecule has 23 heavy (non-hydrogen) atoms. The number of aryl methyl sites for hydroxylation is 1. The molecule has 5 heteroatoms. The third kappa shape index (κ3) is 2.68. The maximum absolute atomic E-state index is 12.7. The van der Waals surface area contributed by atoms with E-state index >= 15 is 0 Å². The quantitative estimate of drug-likeness (QED) is 0.785. The Labute approximate surface area is 138 Å². The lowest BCUT2D eigenvalue weighted by atomic mass is 9.87. The van der Waals surface area contributed by atoms with Crippen molar-refractivity contribution < 1.29 is 9.21 Å². The lowest BCUT2D eigenvalue weighted by Crippen LogP contribution is -2.31. The maximum Gasteiger partial charge on any atom is 0.274 e. The largest absolute Gasteiger partial charge is 0.442 e. The first-order valence-corrected chi connectivity index (χ1v) is 8.57. The van der Waals surface area contributed by atoms with E-state index in [1.165, 1.54) is 28.9 Å². The molecule has 1 amide bonds. The number of oxazole rings is 1. The number of hydrogen-bond donors (Lipinski definition) is 1. The summed E-state index contributed by atoms with van der Waals surface area (Å²) >= 11 is 1.53. The van der Waals surface area contributed by atoms with Crippen LogP contribution in [0.5, 0.6) is 0 Å². The van der Waals surface area contributed by atoms with E-state index < -0.39 is 0 Å². The van der Waals surface area contributed by atoms with Gasteiger partial charge in [-0.3, -0.25) is 4.79 Å². The van der Waals surface area contributed by atoms with E-state index in [1.54, 1.807) is 0 Å². The summed E-state index contributed by atoms with van der Waals surface area (Å²) in [6.45, 7) is 0. The highest BCUT2D eigenvalue weighted by atomic mass is 32.1. The molecule has 1 N–H and O–H groups in total. The van der Waals surface area contributed by atoms with Crippen molar-refractivity contribution in [1.29, 1.82) is 0 Å². The van der Waals surface area contributed by atoms with E-state index in [-0.39, 0.29) is 11.9 Å². The van der Waals surface area contributed by atoms with Crippen LogP contribution in [0.25, 0.3) is 10.6 Å². The number of carbonyl (C=O) groups is 1. The van der Waals surface area contributed by atoms with E-state index in [4.69, 9.17) is 4.42 Å². The Balaban J connectivity index is 1.59. The highest BCUT2D eigenvalue weighted by Gasteiger charge is 2.25. The molecule has 0 fully saturated rings. The second-order valence-corrected chi connectivity index (χ2v) is 6.57. The summed E-state index contributed by atoms with van der Waals surface area (Å²) in [5, 5.41) is 5.08. The molecule has 2 heterocycles. The molecule has 1 aliphatic rings. The molecule has 3 aromatic rings. The number of amides is 1. The minimum Gasteiger partial charge on any atom is -0.442 e. The molecule has 0 bridgehead atoms. The molecule has 116 valence electrons. The fourth-order valence-corrected chi connectivity index (χ4v) is 3.83. The molecule has 1 aliphatic carbocycles. The van der Waals surface area contributed by atoms with Gasteiger partial charge in [-0.2, -0.15) is 0 Å². The Morgan fingerprint density at radius 3 is 3.04 bits per heavy atom. The standard InChI is InChI=1S/C18H16N2O2S/c21-18(16-17(22-11-19-16)15-9-4-10-23-15)20-14-8-3-6-12-5-1-2-7-13(12)14/h1-2,4-5,7,9-11,14H,3,6,8H2,(H,20,21). The molecule has 0 aliphatic heterocycles. The number of thiophene rings is 1. The molecular weight excluding hydrogens is 308 g/mol. The van der Waals surface area contributed by atoms with Crippen molar-refractivity contribution in [3.05, 3.63) is 65.0 Å². The molecule has 2 aromatic heterocycles. The maximum atomic E-state index is 12.7. The minimum absolute atomic E-state index is 0.0420. The summed E-state index contributed by atoms with van der Waals surface area (Å²) in [6, 6.07) is 12.2. The molecule has 1 unspecified atom stereocenters. The molecule has 0 radical (unpaired) electrons. The third-order valence-corrected chi connectivity index (χ3v) is 5.07. The number of nitrogens with one attached hydrogen (secondary N) is 1. The third-order valence-electron chi connectivity index (χ3n) is 4.20. The zero-order valence-electron chi connectivity index (χ0n) is 12.5. The minimum atomic E-state index is -0.177. The average molecular weight is 324 g/mol. The van der Waals surface area contributed by atoms with Crippen molar-refractivity contribution in [1.82, 2.24) is 10.3 Å². The van der Waals surface area contributed by atoms with Gasteiger partial charge in [-0.25, -0.2) is 4.98 Å². The van der Waals surface area contributed by atoms with Crippen molar-refractivity contribution in [3.63, 3.8) is 0 Å². The molecular formula is C18H16N2O2S. The van der Waals surface area contributed by atoms with E-state index in [1.807, 2.05) is 23.6 Å². The fraction of sp³-hybridized carbons (Fsp3) is 0.222. The average Bonchev–Trinajstić information content (AvgIpc) is 3.26. The van der Waals surface area contributed by atoms with Gasteiger partial charge >= 0.3 is 0 Å². The number of hydrogen-bond acceptors (Lipinski definition) is 4. The summed E-state index contributed by atoms with van der Waals surface area (Å²) in [5.41, 5.74) is 2.89. The van der Waals surface area contributed by atoms with E-state index in [9.17, 15) is 4.79 Å². The Morgan fingerprint density at radius 2 is 2.17 bits per heavy atom. The van der Waals surface area contributed by atoms with Crippen LogP contribution < -0.4 is 5.32 Å². The van der Waals surface area contributed by atoms with Gasteiger partial charge in [0.05, 0.1) is 10.9 Å². The molecule has 0 spiro atoms. The van der Waals surface area contributed by atoms with Gasteiger partial charge in [0.25, 0.3) is 5.91 Å². The number of nitrogens with zero attached hydrogens (tertiary/aromatic N) is 1. The van der Waals surface area contributed by atoms with Crippen LogP contribution in [-0.2, 0) is 6.42 Å². The van der Waals surface area contributed by atoms with Crippen LogP contribution in [0.2, 0.25) is 0 Å². The zero-order chi connectivity index (χ0) is 15.6. The highest BCUT2D eigenvalue weighted by molar-refractivity contribution is 7.13. The first kappa shape index (κ1) is 14.2. The van der Waals surface area contributed by atoms with Crippen LogP contribution in [-0.4, -0.2) is 10.9 Å². The topological polar surface area (TPSA) is 55.1 Å². The highest BCUT2D eigenvalue weighted by Crippen LogP contribution is 2.31. The Bertz CT molecular complexity index is 823. The van der Waals surface area contributed by atoms with Crippen LogP contribution >= 0.6 is 11.3 Å². The number of aromatic nitrogens is 1. The summed E-state index contributed by atoms with van der Waals surface area (Å²) in [7, 11) is 0. The van der Waals surface area contributed by atoms with Gasteiger partial charge < -0.3 is 9.73 Å². The summed E-state index contributed by atoms with van der Waals surface area (Å²) in [4.78, 5) is 17.7. The van der Waals surface area contributed by atoms with Gasteiger partial charge in [-0.15, -0.1) is 11.3 Å². The summed E-state index contributed by atoms with van der Waals surface area (Å²) in [5.74, 6) is 0.366. The van der Waals surface area contributed by atoms with Crippen LogP contribution in [0.1, 0.15) is 40.5 Å². The van der Waals surface area contributed by atoms with Gasteiger partial charge in [0.2, 0.25) is 0 Å². The predicted octanol–water partition coefficient (Wildman–Crippen LogP) is 4.21. The summed E-state index contributed by atoms with van der Waals surface area (Å²) < 4.78 is 5.43. The molecule has 1 aromatic carbocycles. The second-order valence-electron chi connectivity index (χ2n) is 5.62. The van der Waals surface area contributed by atoms with Gasteiger partial charge in [-0.1, -0.05) is 30.3 Å². The predicted molar refractivity (Wildman–Crippen MR) is 89.4 cm³/mol. The van der Waals surface area contributed by atoms with Gasteiger partial charge in [0.1, 0.15) is 0 Å². The van der Waals surface area contributed by atoms with Crippen LogP contribution in [0, 0.1) is 0 Å². The monoisotopic (exact) mass is 324 g/mol. The van der Waals surface area contributed by atoms with E-state index in [0.717, 1.165) is 24.1 Å². The normalized spacial score (nSPS) is 16.8. The molecule has 1 atom stereocenters. The molecule has 0 saturated heterocycles. The number of fused-ring (bicyclic) bond motifs is 1. The van der Waals surface area contributed by atoms with Crippen molar-refractivity contribution >= 4 is 17.2 Å². The second kappa shape index (κ2) is 6.01. The number of carbonyl (C=O) groups excluding carboxylic acids is 1. The fourth-order valence-electron chi connectivity index (χ4n) is 3.12. The molecule has 0 saturated carbocycles. The first-order chi connectivity index (χ1) is 11.3. The number of benzene rings is 1. The van der Waals surface area contributed by atoms with Crippen molar-refractivity contribution in [2.24, 2.45) is 0 Å². The molecule has 4 nitrogen and oxygen atoms in total. The Hall–Kier alpha value is -2.40. The van der Waals surface area contributed by atoms with Gasteiger partial charge in [-0.05, 0) is 41.8 Å². The van der Waals surface area contributed by atoms with Crippen molar-refractivity contribution in [2.45, 2.75) is 25.3 Å². The molecule has 4 rings (SSSR count). The van der Waals surface area contributed by atoms with Gasteiger partial charge in [0.15, 0.2) is 17.8 Å². The van der Waals surface area contributed by atoms with Crippen LogP contribution in [0.3, 0.4) is 0 Å².